The van der Waals surface area contributed by atoms with Crippen LogP contribution in [0.25, 0.3) is 0 Å². The minimum absolute atomic E-state index is 0. The lowest BCUT2D eigenvalue weighted by Gasteiger charge is -2.25. The topological polar surface area (TPSA) is 58.3 Å². The molecular weight excluding hydrogens is 487 g/mol. The van der Waals surface area contributed by atoms with Gasteiger partial charge in [-0.1, -0.05) is 43.5 Å². The molecule has 0 aliphatic heterocycles. The van der Waals surface area contributed by atoms with E-state index >= 15 is 0 Å². The summed E-state index contributed by atoms with van der Waals surface area (Å²) in [6.45, 7) is 4.35. The van der Waals surface area contributed by atoms with Crippen LogP contribution in [0.1, 0.15) is 44.0 Å². The van der Waals surface area contributed by atoms with Crippen molar-refractivity contribution in [1.82, 2.24) is 25.0 Å². The molecule has 1 fully saturated rings. The van der Waals surface area contributed by atoms with Gasteiger partial charge in [-0.3, -0.25) is 4.99 Å². The number of hydrogen-bond donors (Lipinski definition) is 1. The Bertz CT molecular complexity index is 757. The van der Waals surface area contributed by atoms with Crippen LogP contribution >= 0.6 is 35.6 Å². The number of nitrogens with one attached hydrogen (secondary N) is 1. The third kappa shape index (κ3) is 6.62. The number of halogens is 2. The van der Waals surface area contributed by atoms with Gasteiger partial charge in [0.25, 0.3) is 0 Å². The van der Waals surface area contributed by atoms with Crippen molar-refractivity contribution in [3.63, 3.8) is 0 Å². The number of aryl methyl sites for hydroxylation is 1. The number of nitrogens with zero attached hydrogens (tertiary/aromatic N) is 5. The summed E-state index contributed by atoms with van der Waals surface area (Å²) in [5.41, 5.74) is 1.18. The highest BCUT2D eigenvalue weighted by Crippen LogP contribution is 2.18. The third-order valence-electron chi connectivity index (χ3n) is 4.97. The fraction of sp³-hybridized carbons (Fsp3) is 0.550. The van der Waals surface area contributed by atoms with E-state index in [2.05, 4.69) is 45.0 Å². The van der Waals surface area contributed by atoms with Crippen molar-refractivity contribution in [3.05, 3.63) is 47.0 Å². The maximum Gasteiger partial charge on any atom is 0.194 e. The highest BCUT2D eigenvalue weighted by molar-refractivity contribution is 14.0. The first kappa shape index (κ1) is 22.9. The van der Waals surface area contributed by atoms with E-state index in [1.165, 1.54) is 31.2 Å². The first-order valence-electron chi connectivity index (χ1n) is 9.79. The summed E-state index contributed by atoms with van der Waals surface area (Å²) < 4.78 is 2.08. The van der Waals surface area contributed by atoms with Crippen molar-refractivity contribution in [1.29, 1.82) is 0 Å². The fourth-order valence-electron chi connectivity index (χ4n) is 3.52. The Morgan fingerprint density at radius 3 is 2.86 bits per heavy atom. The lowest BCUT2D eigenvalue weighted by atomic mass is 10.2. The quantitative estimate of drug-likeness (QED) is 0.342. The molecule has 1 heterocycles. The minimum atomic E-state index is 0. The summed E-state index contributed by atoms with van der Waals surface area (Å²) in [6.07, 6.45) is 7.69. The monoisotopic (exact) mass is 516 g/mol. The number of benzene rings is 1. The number of rotatable bonds is 7. The molecule has 1 N–H and O–H groups in total. The van der Waals surface area contributed by atoms with Crippen molar-refractivity contribution in [2.45, 2.75) is 58.2 Å². The van der Waals surface area contributed by atoms with Gasteiger partial charge in [0.05, 0.1) is 6.54 Å². The number of hydrogen-bond acceptors (Lipinski definition) is 3. The molecule has 0 bridgehead atoms. The van der Waals surface area contributed by atoms with E-state index in [-0.39, 0.29) is 24.0 Å². The van der Waals surface area contributed by atoms with Crippen molar-refractivity contribution >= 4 is 41.5 Å². The molecule has 0 spiro atoms. The molecule has 6 nitrogen and oxygen atoms in total. The van der Waals surface area contributed by atoms with E-state index in [9.17, 15) is 0 Å². The van der Waals surface area contributed by atoms with Crippen LogP contribution < -0.4 is 5.32 Å². The Labute approximate surface area is 189 Å². The Hall–Kier alpha value is -1.35. The van der Waals surface area contributed by atoms with Crippen LogP contribution in [0.4, 0.5) is 0 Å². The second-order valence-electron chi connectivity index (χ2n) is 7.11. The summed E-state index contributed by atoms with van der Waals surface area (Å²) in [4.78, 5) is 7.06. The predicted molar refractivity (Wildman–Crippen MR) is 125 cm³/mol. The number of aromatic nitrogens is 3. The first-order chi connectivity index (χ1) is 13.2. The van der Waals surface area contributed by atoms with Gasteiger partial charge in [-0.05, 0) is 30.5 Å². The molecule has 28 heavy (non-hydrogen) atoms. The van der Waals surface area contributed by atoms with Crippen molar-refractivity contribution in [2.24, 2.45) is 4.99 Å². The lowest BCUT2D eigenvalue weighted by molar-refractivity contribution is 0.456. The van der Waals surface area contributed by atoms with Crippen LogP contribution in [0, 0.1) is 0 Å². The zero-order chi connectivity index (χ0) is 19.1. The van der Waals surface area contributed by atoms with Gasteiger partial charge in [0.1, 0.15) is 12.2 Å². The van der Waals surface area contributed by atoms with Crippen LogP contribution in [-0.2, 0) is 19.5 Å². The molecule has 154 valence electrons. The van der Waals surface area contributed by atoms with E-state index < -0.39 is 0 Å². The molecule has 3 rings (SSSR count). The molecule has 1 aromatic heterocycles. The molecule has 1 aliphatic rings. The molecule has 0 atom stereocenters. The Kier molecular flexibility index (Phi) is 9.50. The summed E-state index contributed by atoms with van der Waals surface area (Å²) in [5.74, 6) is 1.95. The second kappa shape index (κ2) is 11.6. The Morgan fingerprint density at radius 2 is 2.14 bits per heavy atom. The average molecular weight is 517 g/mol. The molecule has 0 amide bonds. The van der Waals surface area contributed by atoms with Crippen LogP contribution in [-0.4, -0.2) is 45.3 Å². The summed E-state index contributed by atoms with van der Waals surface area (Å²) in [7, 11) is 2.08. The van der Waals surface area contributed by atoms with E-state index in [0.717, 1.165) is 36.3 Å². The zero-order valence-corrected chi connectivity index (χ0v) is 19.7. The highest BCUT2D eigenvalue weighted by atomic mass is 127. The van der Waals surface area contributed by atoms with Crippen molar-refractivity contribution in [3.8, 4) is 0 Å². The molecule has 1 aromatic carbocycles. The van der Waals surface area contributed by atoms with Crippen molar-refractivity contribution in [2.75, 3.05) is 13.6 Å². The zero-order valence-electron chi connectivity index (χ0n) is 16.6. The normalized spacial score (nSPS) is 14.8. The summed E-state index contributed by atoms with van der Waals surface area (Å²) in [6, 6.07) is 8.52. The standard InChI is InChI=1S/C20H29ClN6.HI/c1-3-19-25-23-15-27(19)12-11-22-20(24-18-9-4-5-10-18)26(2)14-16-7-6-8-17(21)13-16;/h6-8,13,15,18H,3-5,9-12,14H2,1-2H3,(H,22,24);1H. The SMILES string of the molecule is CCc1nncn1CCN=C(NC1CCCC1)N(C)Cc1cccc(Cl)c1.I. The van der Waals surface area contributed by atoms with Gasteiger partial charge in [0.2, 0.25) is 0 Å². The Morgan fingerprint density at radius 1 is 1.36 bits per heavy atom. The molecule has 2 aromatic rings. The average Bonchev–Trinajstić information content (AvgIpc) is 3.32. The highest BCUT2D eigenvalue weighted by Gasteiger charge is 2.18. The smallest absolute Gasteiger partial charge is 0.194 e. The van der Waals surface area contributed by atoms with E-state index in [0.29, 0.717) is 12.6 Å². The molecule has 0 saturated heterocycles. The van der Waals surface area contributed by atoms with Gasteiger partial charge >= 0.3 is 0 Å². The van der Waals surface area contributed by atoms with Crippen LogP contribution in [0.15, 0.2) is 35.6 Å². The van der Waals surface area contributed by atoms with Gasteiger partial charge in [0.15, 0.2) is 5.96 Å². The molecule has 8 heteroatoms. The van der Waals surface area contributed by atoms with Gasteiger partial charge < -0.3 is 14.8 Å². The van der Waals surface area contributed by atoms with E-state index in [1.807, 2.05) is 18.2 Å². The second-order valence-corrected chi connectivity index (χ2v) is 7.55. The summed E-state index contributed by atoms with van der Waals surface area (Å²) in [5, 5.41) is 12.6. The predicted octanol–water partition coefficient (Wildman–Crippen LogP) is 4.13. The fourth-order valence-corrected chi connectivity index (χ4v) is 3.73. The lowest BCUT2D eigenvalue weighted by Crippen LogP contribution is -2.43. The van der Waals surface area contributed by atoms with Crippen LogP contribution in [0.3, 0.4) is 0 Å². The summed E-state index contributed by atoms with van der Waals surface area (Å²) >= 11 is 6.14. The number of guanidine groups is 1. The third-order valence-corrected chi connectivity index (χ3v) is 5.21. The molecule has 1 saturated carbocycles. The largest absolute Gasteiger partial charge is 0.354 e. The van der Waals surface area contributed by atoms with E-state index in [1.54, 1.807) is 6.33 Å². The van der Waals surface area contributed by atoms with Crippen LogP contribution in [0.5, 0.6) is 0 Å². The molecule has 0 unspecified atom stereocenters. The Balaban J connectivity index is 0.00000280. The maximum absolute atomic E-state index is 6.14. The number of aliphatic imine (C=N–C) groups is 1. The van der Waals surface area contributed by atoms with Crippen molar-refractivity contribution < 1.29 is 0 Å². The molecular formula is C20H30ClIN6. The van der Waals surface area contributed by atoms with Gasteiger partial charge in [-0.15, -0.1) is 34.2 Å². The first-order valence-corrected chi connectivity index (χ1v) is 10.2. The maximum atomic E-state index is 6.14. The van der Waals surface area contributed by atoms with Crippen LogP contribution in [0.2, 0.25) is 5.02 Å². The van der Waals surface area contributed by atoms with Gasteiger partial charge in [-0.25, -0.2) is 0 Å². The van der Waals surface area contributed by atoms with Gasteiger partial charge in [-0.2, -0.15) is 0 Å². The van der Waals surface area contributed by atoms with Gasteiger partial charge in [0, 0.05) is 37.6 Å². The van der Waals surface area contributed by atoms with E-state index in [4.69, 9.17) is 16.6 Å². The molecule has 1 aliphatic carbocycles. The minimum Gasteiger partial charge on any atom is -0.354 e. The molecule has 0 radical (unpaired) electrons.